The minimum Gasteiger partial charge on any atom is -0.506 e. The highest BCUT2D eigenvalue weighted by Gasteiger charge is 2.35. The van der Waals surface area contributed by atoms with Crippen LogP contribution in [0.5, 0.6) is 5.75 Å². The smallest absolute Gasteiger partial charge is 0.254 e. The second-order valence-electron chi connectivity index (χ2n) is 7.70. The highest BCUT2D eigenvalue weighted by Crippen LogP contribution is 2.40. The maximum absolute atomic E-state index is 12.3. The third-order valence-electron chi connectivity index (χ3n) is 5.99. The molecule has 158 valence electrons. The number of nitrogens with two attached hydrogens (primary N) is 1. The molecule has 1 fully saturated rings. The average Bonchev–Trinajstić information content (AvgIpc) is 3.15. The van der Waals surface area contributed by atoms with Crippen LogP contribution in [0.25, 0.3) is 11.3 Å². The van der Waals surface area contributed by atoms with E-state index in [9.17, 15) is 14.7 Å². The van der Waals surface area contributed by atoms with E-state index in [4.69, 9.17) is 22.4 Å². The number of benzene rings is 1. The Morgan fingerprint density at radius 1 is 1.30 bits per heavy atom. The standard InChI is InChI=1S/C21H24ClN5O3/c1-2-17(29)26-9-6-12(7-10-26)15-5-8-24-21-18(20(23)30)19(25-27(15)21)13-3-4-16(28)14(22)11-13/h2-4,11-12,15,24,28H,1,5-10H2,(H2,23,30). The van der Waals surface area contributed by atoms with E-state index in [1.165, 1.54) is 12.1 Å². The number of phenols is 1. The first-order valence-electron chi connectivity index (χ1n) is 9.97. The van der Waals surface area contributed by atoms with Gasteiger partial charge in [0.15, 0.2) is 0 Å². The van der Waals surface area contributed by atoms with Crippen LogP contribution in [0.3, 0.4) is 0 Å². The maximum atomic E-state index is 12.3. The van der Waals surface area contributed by atoms with Crippen molar-refractivity contribution in [1.29, 1.82) is 0 Å². The predicted molar refractivity (Wildman–Crippen MR) is 115 cm³/mol. The zero-order chi connectivity index (χ0) is 21.4. The van der Waals surface area contributed by atoms with Crippen LogP contribution in [0.15, 0.2) is 30.9 Å². The summed E-state index contributed by atoms with van der Waals surface area (Å²) in [5.74, 6) is 0.289. The number of phenolic OH excluding ortho intramolecular Hbond substituents is 1. The van der Waals surface area contributed by atoms with E-state index in [2.05, 4.69) is 11.9 Å². The number of fused-ring (bicyclic) bond motifs is 1. The molecule has 2 aromatic rings. The molecule has 4 rings (SSSR count). The maximum Gasteiger partial charge on any atom is 0.254 e. The summed E-state index contributed by atoms with van der Waals surface area (Å²) in [5, 5.41) is 17.9. The van der Waals surface area contributed by atoms with Crippen LogP contribution < -0.4 is 11.1 Å². The Morgan fingerprint density at radius 3 is 2.67 bits per heavy atom. The van der Waals surface area contributed by atoms with Gasteiger partial charge in [-0.05, 0) is 49.5 Å². The molecule has 0 saturated carbocycles. The van der Waals surface area contributed by atoms with Crippen molar-refractivity contribution in [2.75, 3.05) is 25.0 Å². The fraction of sp³-hybridized carbons (Fsp3) is 0.381. The SMILES string of the molecule is C=CC(=O)N1CCC(C2CCNc3c(C(N)=O)c(-c4ccc(O)c(Cl)c4)nn32)CC1. The molecule has 8 nitrogen and oxygen atoms in total. The molecular weight excluding hydrogens is 406 g/mol. The molecule has 0 bridgehead atoms. The fourth-order valence-corrected chi connectivity index (χ4v) is 4.64. The van der Waals surface area contributed by atoms with Gasteiger partial charge < -0.3 is 21.1 Å². The first kappa shape index (κ1) is 20.3. The molecule has 0 spiro atoms. The number of aromatic nitrogens is 2. The Morgan fingerprint density at radius 2 is 2.03 bits per heavy atom. The van der Waals surface area contributed by atoms with E-state index in [0.717, 1.165) is 19.3 Å². The Kier molecular flexibility index (Phi) is 5.42. The Labute approximate surface area is 179 Å². The van der Waals surface area contributed by atoms with Gasteiger partial charge in [0.05, 0.1) is 11.1 Å². The van der Waals surface area contributed by atoms with Crippen LogP contribution in [0.1, 0.15) is 35.7 Å². The van der Waals surface area contributed by atoms with Crippen molar-refractivity contribution in [3.8, 4) is 17.0 Å². The van der Waals surface area contributed by atoms with Crippen LogP contribution in [0, 0.1) is 5.92 Å². The van der Waals surface area contributed by atoms with Crippen molar-refractivity contribution < 1.29 is 14.7 Å². The monoisotopic (exact) mass is 429 g/mol. The highest BCUT2D eigenvalue weighted by molar-refractivity contribution is 6.32. The number of hydrogen-bond donors (Lipinski definition) is 3. The summed E-state index contributed by atoms with van der Waals surface area (Å²) >= 11 is 6.07. The number of piperidine rings is 1. The molecule has 2 amide bonds. The number of aromatic hydroxyl groups is 1. The first-order chi connectivity index (χ1) is 14.4. The van der Waals surface area contributed by atoms with Gasteiger partial charge in [-0.25, -0.2) is 4.68 Å². The number of rotatable bonds is 4. The molecule has 1 atom stereocenters. The lowest BCUT2D eigenvalue weighted by molar-refractivity contribution is -0.127. The van der Waals surface area contributed by atoms with E-state index in [0.29, 0.717) is 48.2 Å². The average molecular weight is 430 g/mol. The Hall–Kier alpha value is -3.00. The summed E-state index contributed by atoms with van der Waals surface area (Å²) in [6.07, 6.45) is 3.93. The number of primary amides is 1. The second kappa shape index (κ2) is 8.02. The molecule has 9 heteroatoms. The van der Waals surface area contributed by atoms with Gasteiger partial charge >= 0.3 is 0 Å². The van der Waals surface area contributed by atoms with Crippen LogP contribution in [-0.4, -0.2) is 51.2 Å². The minimum absolute atomic E-state index is 0.0400. The topological polar surface area (TPSA) is 113 Å². The van der Waals surface area contributed by atoms with Crippen molar-refractivity contribution in [3.05, 3.63) is 41.4 Å². The van der Waals surface area contributed by atoms with E-state index >= 15 is 0 Å². The summed E-state index contributed by atoms with van der Waals surface area (Å²) in [7, 11) is 0. The molecular formula is C21H24ClN5O3. The number of nitrogens with zero attached hydrogens (tertiary/aromatic N) is 3. The summed E-state index contributed by atoms with van der Waals surface area (Å²) in [5.41, 5.74) is 7.09. The number of amides is 2. The molecule has 2 aliphatic heterocycles. The van der Waals surface area contributed by atoms with Crippen molar-refractivity contribution in [2.24, 2.45) is 11.7 Å². The van der Waals surface area contributed by atoms with Gasteiger partial charge in [0.2, 0.25) is 5.91 Å². The molecule has 3 heterocycles. The van der Waals surface area contributed by atoms with Crippen LogP contribution in [-0.2, 0) is 4.79 Å². The molecule has 1 saturated heterocycles. The van der Waals surface area contributed by atoms with Gasteiger partial charge in [0.25, 0.3) is 5.91 Å². The normalized spacial score (nSPS) is 19.1. The number of halogens is 1. The summed E-state index contributed by atoms with van der Waals surface area (Å²) < 4.78 is 1.87. The second-order valence-corrected chi connectivity index (χ2v) is 8.10. The Balaban J connectivity index is 1.69. The van der Waals surface area contributed by atoms with Crippen molar-refractivity contribution in [1.82, 2.24) is 14.7 Å². The van der Waals surface area contributed by atoms with Crippen LogP contribution in [0.2, 0.25) is 5.02 Å². The number of likely N-dealkylation sites (tertiary alicyclic amines) is 1. The van der Waals surface area contributed by atoms with Gasteiger partial charge in [0.1, 0.15) is 22.8 Å². The van der Waals surface area contributed by atoms with Gasteiger partial charge in [-0.15, -0.1) is 0 Å². The third-order valence-corrected chi connectivity index (χ3v) is 6.30. The Bertz CT molecular complexity index is 1010. The molecule has 30 heavy (non-hydrogen) atoms. The van der Waals surface area contributed by atoms with E-state index in [1.807, 2.05) is 9.58 Å². The molecule has 1 unspecified atom stereocenters. The van der Waals surface area contributed by atoms with E-state index < -0.39 is 5.91 Å². The lowest BCUT2D eigenvalue weighted by Crippen LogP contribution is -2.41. The van der Waals surface area contributed by atoms with Crippen molar-refractivity contribution in [3.63, 3.8) is 0 Å². The quantitative estimate of drug-likeness (QED) is 0.646. The largest absolute Gasteiger partial charge is 0.506 e. The highest BCUT2D eigenvalue weighted by atomic mass is 35.5. The van der Waals surface area contributed by atoms with Crippen molar-refractivity contribution >= 4 is 29.2 Å². The number of carbonyl (C=O) groups is 2. The number of nitrogens with one attached hydrogen (secondary N) is 1. The number of hydrogen-bond acceptors (Lipinski definition) is 5. The fourth-order valence-electron chi connectivity index (χ4n) is 4.46. The molecule has 4 N–H and O–H groups in total. The predicted octanol–water partition coefficient (Wildman–Crippen LogP) is 2.79. The minimum atomic E-state index is -0.574. The van der Waals surface area contributed by atoms with Crippen LogP contribution >= 0.6 is 11.6 Å². The zero-order valence-corrected chi connectivity index (χ0v) is 17.2. The van der Waals surface area contributed by atoms with Crippen LogP contribution in [0.4, 0.5) is 5.82 Å². The van der Waals surface area contributed by atoms with Gasteiger partial charge in [-0.3, -0.25) is 9.59 Å². The lowest BCUT2D eigenvalue weighted by Gasteiger charge is -2.38. The molecule has 2 aliphatic rings. The van der Waals surface area contributed by atoms with Gasteiger partial charge in [-0.2, -0.15) is 5.10 Å². The summed E-state index contributed by atoms with van der Waals surface area (Å²) in [6, 6.07) is 4.81. The van der Waals surface area contributed by atoms with E-state index in [1.54, 1.807) is 12.1 Å². The first-order valence-corrected chi connectivity index (χ1v) is 10.3. The number of anilines is 1. The summed E-state index contributed by atoms with van der Waals surface area (Å²) in [6.45, 7) is 5.63. The molecule has 0 radical (unpaired) electrons. The third kappa shape index (κ3) is 3.52. The lowest BCUT2D eigenvalue weighted by atomic mass is 9.87. The van der Waals surface area contributed by atoms with Crippen molar-refractivity contribution in [2.45, 2.75) is 25.3 Å². The molecule has 0 aliphatic carbocycles. The van der Waals surface area contributed by atoms with Gasteiger partial charge in [-0.1, -0.05) is 18.2 Å². The van der Waals surface area contributed by atoms with E-state index in [-0.39, 0.29) is 22.7 Å². The summed E-state index contributed by atoms with van der Waals surface area (Å²) in [4.78, 5) is 26.0. The molecule has 1 aromatic heterocycles. The zero-order valence-electron chi connectivity index (χ0n) is 16.5. The van der Waals surface area contributed by atoms with Gasteiger partial charge in [0, 0.05) is 25.2 Å². The number of carbonyl (C=O) groups excluding carboxylic acids is 2. The molecule has 1 aromatic carbocycles.